The van der Waals surface area contributed by atoms with E-state index < -0.39 is 32.4 Å². The van der Waals surface area contributed by atoms with E-state index in [0.29, 0.717) is 12.6 Å². The van der Waals surface area contributed by atoms with Crippen molar-refractivity contribution in [2.75, 3.05) is 13.1 Å². The summed E-state index contributed by atoms with van der Waals surface area (Å²) in [4.78, 5) is -0.907. The van der Waals surface area contributed by atoms with Crippen molar-refractivity contribution < 1.29 is 21.6 Å². The number of hydrogen-bond donors (Lipinski definition) is 2. The molecule has 0 heterocycles. The molecule has 20 heavy (non-hydrogen) atoms. The van der Waals surface area contributed by atoms with Crippen LogP contribution in [0.5, 0.6) is 0 Å². The number of benzene rings is 1. The van der Waals surface area contributed by atoms with Crippen molar-refractivity contribution in [3.05, 3.63) is 29.6 Å². The van der Waals surface area contributed by atoms with Crippen LogP contribution in [-0.2, 0) is 10.0 Å². The van der Waals surface area contributed by atoms with Gasteiger partial charge in [-0.25, -0.2) is 26.3 Å². The maximum absolute atomic E-state index is 13.4. The van der Waals surface area contributed by atoms with Gasteiger partial charge >= 0.3 is 0 Å². The monoisotopic (exact) mass is 332 g/mol. The van der Waals surface area contributed by atoms with E-state index in [1.807, 2.05) is 6.92 Å². The lowest BCUT2D eigenvalue weighted by atomic mass is 10.3. The molecule has 0 aromatic heterocycles. The maximum atomic E-state index is 13.4. The quantitative estimate of drug-likeness (QED) is 0.781. The zero-order chi connectivity index (χ0) is 14.6. The molecule has 0 spiro atoms. The van der Waals surface area contributed by atoms with Gasteiger partial charge in [-0.2, -0.15) is 0 Å². The van der Waals surface area contributed by atoms with E-state index in [9.17, 15) is 21.6 Å². The molecular weight excluding hydrogens is 317 g/mol. The Morgan fingerprint density at radius 3 is 2.25 bits per heavy atom. The van der Waals surface area contributed by atoms with Crippen molar-refractivity contribution in [1.29, 1.82) is 0 Å². The third-order valence-corrected chi connectivity index (χ3v) is 3.84. The molecule has 9 heteroatoms. The van der Waals surface area contributed by atoms with Gasteiger partial charge in [-0.1, -0.05) is 6.92 Å². The van der Waals surface area contributed by atoms with Crippen molar-refractivity contribution in [2.45, 2.75) is 24.8 Å². The second-order valence-corrected chi connectivity index (χ2v) is 5.74. The zero-order valence-electron chi connectivity index (χ0n) is 10.9. The zero-order valence-corrected chi connectivity index (χ0v) is 12.5. The molecular formula is C11H16ClF3N2O2S. The smallest absolute Gasteiger partial charge is 0.243 e. The van der Waals surface area contributed by atoms with E-state index in [4.69, 9.17) is 0 Å². The number of likely N-dealkylation sites (N-methyl/N-ethyl adjacent to an activating group) is 1. The summed E-state index contributed by atoms with van der Waals surface area (Å²) in [5, 5.41) is 2.95. The summed E-state index contributed by atoms with van der Waals surface area (Å²) in [6.07, 6.45) is 0. The van der Waals surface area contributed by atoms with Gasteiger partial charge in [0, 0.05) is 18.7 Å². The highest BCUT2D eigenvalue weighted by atomic mass is 35.5. The van der Waals surface area contributed by atoms with Crippen LogP contribution >= 0.6 is 12.4 Å². The second-order valence-electron chi connectivity index (χ2n) is 4.01. The fraction of sp³-hybridized carbons (Fsp3) is 0.455. The van der Waals surface area contributed by atoms with Gasteiger partial charge in [0.15, 0.2) is 11.6 Å². The molecule has 1 atom stereocenters. The average Bonchev–Trinajstić information content (AvgIpc) is 2.31. The summed E-state index contributed by atoms with van der Waals surface area (Å²) in [5.41, 5.74) is 0. The molecule has 0 unspecified atom stereocenters. The Kier molecular flexibility index (Phi) is 7.50. The molecule has 1 aromatic carbocycles. The molecule has 0 saturated heterocycles. The number of nitrogens with one attached hydrogen (secondary N) is 2. The molecule has 0 amide bonds. The van der Waals surface area contributed by atoms with E-state index in [0.717, 1.165) is 0 Å². The van der Waals surface area contributed by atoms with Crippen molar-refractivity contribution in [3.63, 3.8) is 0 Å². The van der Waals surface area contributed by atoms with E-state index in [1.54, 1.807) is 6.92 Å². The highest BCUT2D eigenvalue weighted by Gasteiger charge is 2.22. The molecule has 2 N–H and O–H groups in total. The first-order valence-corrected chi connectivity index (χ1v) is 7.13. The third kappa shape index (κ3) is 4.93. The summed E-state index contributed by atoms with van der Waals surface area (Å²) in [7, 11) is -4.22. The predicted octanol–water partition coefficient (Wildman–Crippen LogP) is 1.80. The lowest BCUT2D eigenvalue weighted by Gasteiger charge is -2.14. The van der Waals surface area contributed by atoms with Crippen LogP contribution in [0.25, 0.3) is 0 Å². The van der Waals surface area contributed by atoms with Gasteiger partial charge in [0.1, 0.15) is 10.7 Å². The summed E-state index contributed by atoms with van der Waals surface area (Å²) in [6.45, 7) is 4.23. The SMILES string of the molecule is CCN[C@H](C)CNS(=O)(=O)c1cc(F)c(F)cc1F.Cl. The van der Waals surface area contributed by atoms with Crippen LogP contribution in [0.2, 0.25) is 0 Å². The molecule has 1 rings (SSSR count). The molecule has 0 fully saturated rings. The molecule has 0 aliphatic rings. The van der Waals surface area contributed by atoms with Crippen LogP contribution in [0.3, 0.4) is 0 Å². The van der Waals surface area contributed by atoms with Crippen LogP contribution in [-0.4, -0.2) is 27.5 Å². The fourth-order valence-electron chi connectivity index (χ4n) is 1.44. The summed E-state index contributed by atoms with van der Waals surface area (Å²) >= 11 is 0. The Morgan fingerprint density at radius 2 is 1.70 bits per heavy atom. The van der Waals surface area contributed by atoms with Gasteiger partial charge in [-0.3, -0.25) is 0 Å². The maximum Gasteiger partial charge on any atom is 0.243 e. The first kappa shape index (κ1) is 19.2. The highest BCUT2D eigenvalue weighted by Crippen LogP contribution is 2.18. The number of hydrogen-bond acceptors (Lipinski definition) is 3. The Labute approximate surface area is 122 Å². The minimum Gasteiger partial charge on any atom is -0.313 e. The molecule has 0 radical (unpaired) electrons. The second kappa shape index (κ2) is 7.82. The third-order valence-electron chi connectivity index (χ3n) is 2.40. The van der Waals surface area contributed by atoms with E-state index >= 15 is 0 Å². The van der Waals surface area contributed by atoms with Gasteiger partial charge in [-0.05, 0) is 19.5 Å². The summed E-state index contributed by atoms with van der Waals surface area (Å²) in [6, 6.07) is 0.357. The van der Waals surface area contributed by atoms with Gasteiger partial charge in [0.2, 0.25) is 10.0 Å². The number of halogens is 4. The van der Waals surface area contributed by atoms with Crippen molar-refractivity contribution in [2.24, 2.45) is 0 Å². The molecule has 1 aromatic rings. The van der Waals surface area contributed by atoms with Crippen molar-refractivity contribution in [1.82, 2.24) is 10.0 Å². The fourth-order valence-corrected chi connectivity index (χ4v) is 2.64. The lowest BCUT2D eigenvalue weighted by molar-refractivity contribution is 0.480. The van der Waals surface area contributed by atoms with Crippen molar-refractivity contribution >= 4 is 22.4 Å². The molecule has 0 aliphatic carbocycles. The highest BCUT2D eigenvalue weighted by molar-refractivity contribution is 7.89. The van der Waals surface area contributed by atoms with Crippen LogP contribution in [0.4, 0.5) is 13.2 Å². The summed E-state index contributed by atoms with van der Waals surface area (Å²) in [5.74, 6) is -4.18. The predicted molar refractivity (Wildman–Crippen MR) is 71.9 cm³/mol. The van der Waals surface area contributed by atoms with Crippen LogP contribution < -0.4 is 10.0 Å². The van der Waals surface area contributed by atoms with Crippen LogP contribution in [0, 0.1) is 17.5 Å². The van der Waals surface area contributed by atoms with Gasteiger partial charge < -0.3 is 5.32 Å². The lowest BCUT2D eigenvalue weighted by Crippen LogP contribution is -2.39. The Morgan fingerprint density at radius 1 is 1.15 bits per heavy atom. The molecule has 0 bridgehead atoms. The van der Waals surface area contributed by atoms with E-state index in [2.05, 4.69) is 10.0 Å². The van der Waals surface area contributed by atoms with Gasteiger partial charge in [0.05, 0.1) is 0 Å². The van der Waals surface area contributed by atoms with Crippen molar-refractivity contribution in [3.8, 4) is 0 Å². The van der Waals surface area contributed by atoms with E-state index in [-0.39, 0.29) is 31.1 Å². The largest absolute Gasteiger partial charge is 0.313 e. The molecule has 0 aliphatic heterocycles. The minimum atomic E-state index is -4.22. The Balaban J connectivity index is 0.00000361. The summed E-state index contributed by atoms with van der Waals surface area (Å²) < 4.78 is 64.7. The van der Waals surface area contributed by atoms with Crippen LogP contribution in [0.15, 0.2) is 17.0 Å². The van der Waals surface area contributed by atoms with Crippen LogP contribution in [0.1, 0.15) is 13.8 Å². The normalized spacial score (nSPS) is 12.8. The van der Waals surface area contributed by atoms with Gasteiger partial charge in [0.25, 0.3) is 0 Å². The standard InChI is InChI=1S/C11H15F3N2O2S.ClH/c1-3-15-7(2)6-16-19(17,18)11-5-9(13)8(12)4-10(11)14;/h4-5,7,15-16H,3,6H2,1-2H3;1H/t7-;/m1./s1. The number of rotatable bonds is 6. The van der Waals surface area contributed by atoms with Gasteiger partial charge in [-0.15, -0.1) is 12.4 Å². The molecule has 4 nitrogen and oxygen atoms in total. The average molecular weight is 333 g/mol. The molecule has 0 saturated carbocycles. The Bertz CT molecular complexity index is 555. The Hall–Kier alpha value is -0.830. The first-order valence-electron chi connectivity index (χ1n) is 5.65. The van der Waals surface area contributed by atoms with E-state index in [1.165, 1.54) is 0 Å². The number of sulfonamides is 1. The molecule has 116 valence electrons. The first-order chi connectivity index (χ1) is 8.77. The minimum absolute atomic E-state index is 0. The topological polar surface area (TPSA) is 58.2 Å².